The van der Waals surface area contributed by atoms with Crippen LogP contribution >= 0.6 is 0 Å². The molecule has 0 aromatic heterocycles. The molecule has 1 aromatic carbocycles. The Balaban J connectivity index is 2.22. The zero-order chi connectivity index (χ0) is 10.1. The highest BCUT2D eigenvalue weighted by molar-refractivity contribution is 5.36. The van der Waals surface area contributed by atoms with Crippen molar-refractivity contribution in [3.63, 3.8) is 0 Å². The number of benzene rings is 1. The molecule has 2 rings (SSSR count). The van der Waals surface area contributed by atoms with Gasteiger partial charge in [0, 0.05) is 12.0 Å². The average Bonchev–Trinajstić information content (AvgIpc) is 2.87. The maximum Gasteiger partial charge on any atom is 0.165 e. The van der Waals surface area contributed by atoms with Gasteiger partial charge in [0.2, 0.25) is 0 Å². The average molecular weight is 195 g/mol. The highest BCUT2D eigenvalue weighted by Gasteiger charge is 2.35. The summed E-state index contributed by atoms with van der Waals surface area (Å²) in [6.45, 7) is 2.33. The molecule has 0 heterocycles. The lowest BCUT2D eigenvalue weighted by atomic mass is 10.1. The maximum absolute atomic E-state index is 13.2. The van der Waals surface area contributed by atoms with Crippen LogP contribution in [0.1, 0.15) is 24.8 Å². The zero-order valence-electron chi connectivity index (χ0n) is 8.16. The van der Waals surface area contributed by atoms with Gasteiger partial charge < -0.3 is 10.5 Å². The summed E-state index contributed by atoms with van der Waals surface area (Å²) in [5.41, 5.74) is 6.81. The third-order valence-electron chi connectivity index (χ3n) is 2.52. The molecule has 76 valence electrons. The third kappa shape index (κ3) is 1.73. The van der Waals surface area contributed by atoms with E-state index in [9.17, 15) is 4.39 Å². The van der Waals surface area contributed by atoms with Gasteiger partial charge in [-0.1, -0.05) is 6.07 Å². The number of rotatable bonds is 3. The van der Waals surface area contributed by atoms with Crippen LogP contribution in [0.3, 0.4) is 0 Å². The fourth-order valence-corrected chi connectivity index (χ4v) is 1.61. The van der Waals surface area contributed by atoms with Gasteiger partial charge in [-0.05, 0) is 31.0 Å². The molecule has 2 atom stereocenters. The minimum atomic E-state index is -0.301. The van der Waals surface area contributed by atoms with Gasteiger partial charge in [0.05, 0.1) is 6.61 Å². The largest absolute Gasteiger partial charge is 0.491 e. The maximum atomic E-state index is 13.2. The van der Waals surface area contributed by atoms with Gasteiger partial charge in [0.1, 0.15) is 0 Å². The van der Waals surface area contributed by atoms with Crippen LogP contribution in [0.15, 0.2) is 18.2 Å². The summed E-state index contributed by atoms with van der Waals surface area (Å²) in [5.74, 6) is 0.434. The van der Waals surface area contributed by atoms with E-state index in [4.69, 9.17) is 10.5 Å². The molecule has 0 bridgehead atoms. The van der Waals surface area contributed by atoms with Gasteiger partial charge in [0.15, 0.2) is 11.6 Å². The van der Waals surface area contributed by atoms with Crippen LogP contribution in [0.25, 0.3) is 0 Å². The molecule has 0 aliphatic heterocycles. The van der Waals surface area contributed by atoms with Crippen LogP contribution in [0.5, 0.6) is 5.75 Å². The van der Waals surface area contributed by atoms with E-state index in [2.05, 4.69) is 0 Å². The second-order valence-electron chi connectivity index (χ2n) is 3.63. The van der Waals surface area contributed by atoms with Gasteiger partial charge in [-0.3, -0.25) is 0 Å². The van der Waals surface area contributed by atoms with E-state index in [-0.39, 0.29) is 11.9 Å². The molecule has 1 aromatic rings. The lowest BCUT2D eigenvalue weighted by Gasteiger charge is -2.06. The van der Waals surface area contributed by atoms with Gasteiger partial charge in [0.25, 0.3) is 0 Å². The number of halogens is 1. The first-order chi connectivity index (χ1) is 6.72. The van der Waals surface area contributed by atoms with Crippen molar-refractivity contribution in [1.29, 1.82) is 0 Å². The lowest BCUT2D eigenvalue weighted by molar-refractivity contribution is 0.321. The first-order valence-electron chi connectivity index (χ1n) is 4.90. The fraction of sp³-hybridized carbons (Fsp3) is 0.455. The highest BCUT2D eigenvalue weighted by Crippen LogP contribution is 2.40. The number of hydrogen-bond acceptors (Lipinski definition) is 2. The molecule has 1 aliphatic rings. The van der Waals surface area contributed by atoms with Crippen molar-refractivity contribution in [2.75, 3.05) is 6.61 Å². The number of hydrogen-bond donors (Lipinski definition) is 1. The van der Waals surface area contributed by atoms with Crippen LogP contribution in [0.4, 0.5) is 4.39 Å². The molecule has 3 heteroatoms. The van der Waals surface area contributed by atoms with Gasteiger partial charge in [-0.15, -0.1) is 0 Å². The normalized spacial score (nSPS) is 24.8. The van der Waals surface area contributed by atoms with E-state index in [1.807, 2.05) is 6.92 Å². The van der Waals surface area contributed by atoms with E-state index < -0.39 is 0 Å². The SMILES string of the molecule is CCOc1cc(C2CC2N)ccc1F. The topological polar surface area (TPSA) is 35.2 Å². The van der Waals surface area contributed by atoms with Crippen LogP contribution in [-0.4, -0.2) is 12.6 Å². The van der Waals surface area contributed by atoms with Gasteiger partial charge in [-0.2, -0.15) is 0 Å². The Morgan fingerprint density at radius 3 is 2.86 bits per heavy atom. The smallest absolute Gasteiger partial charge is 0.165 e. The summed E-state index contributed by atoms with van der Waals surface area (Å²) in [6.07, 6.45) is 0.997. The Kier molecular flexibility index (Phi) is 2.42. The van der Waals surface area contributed by atoms with Crippen molar-refractivity contribution in [1.82, 2.24) is 0 Å². The number of ether oxygens (including phenoxy) is 1. The molecule has 0 amide bonds. The second-order valence-corrected chi connectivity index (χ2v) is 3.63. The Bertz CT molecular complexity index is 340. The van der Waals surface area contributed by atoms with Crippen LogP contribution in [0, 0.1) is 5.82 Å². The molecule has 14 heavy (non-hydrogen) atoms. The van der Waals surface area contributed by atoms with E-state index >= 15 is 0 Å². The summed E-state index contributed by atoms with van der Waals surface area (Å²) >= 11 is 0. The molecule has 1 aliphatic carbocycles. The minimum absolute atomic E-state index is 0.245. The Morgan fingerprint density at radius 2 is 2.29 bits per heavy atom. The summed E-state index contributed by atoms with van der Waals surface area (Å²) in [6, 6.07) is 5.24. The lowest BCUT2D eigenvalue weighted by Crippen LogP contribution is -2.02. The molecular weight excluding hydrogens is 181 g/mol. The van der Waals surface area contributed by atoms with Crippen molar-refractivity contribution in [3.8, 4) is 5.75 Å². The molecule has 2 nitrogen and oxygen atoms in total. The molecule has 0 spiro atoms. The predicted octanol–water partition coefficient (Wildman–Crippen LogP) is 2.04. The summed E-state index contributed by atoms with van der Waals surface area (Å²) < 4.78 is 18.4. The van der Waals surface area contributed by atoms with Gasteiger partial charge in [-0.25, -0.2) is 4.39 Å². The first kappa shape index (κ1) is 9.46. The highest BCUT2D eigenvalue weighted by atomic mass is 19.1. The predicted molar refractivity (Wildman–Crippen MR) is 52.9 cm³/mol. The summed E-state index contributed by atoms with van der Waals surface area (Å²) in [4.78, 5) is 0. The third-order valence-corrected chi connectivity index (χ3v) is 2.52. The minimum Gasteiger partial charge on any atom is -0.491 e. The molecule has 2 N–H and O–H groups in total. The Labute approximate surface area is 82.9 Å². The van der Waals surface area contributed by atoms with E-state index in [1.54, 1.807) is 12.1 Å². The van der Waals surface area contributed by atoms with Crippen LogP contribution in [-0.2, 0) is 0 Å². The number of nitrogens with two attached hydrogens (primary N) is 1. The Morgan fingerprint density at radius 1 is 1.57 bits per heavy atom. The van der Waals surface area contributed by atoms with E-state index in [0.29, 0.717) is 18.3 Å². The standard InChI is InChI=1S/C11H14FNO/c1-2-14-11-5-7(3-4-9(11)12)8-6-10(8)13/h3-5,8,10H,2,6,13H2,1H3. The molecule has 1 fully saturated rings. The quantitative estimate of drug-likeness (QED) is 0.801. The summed E-state index contributed by atoms with van der Waals surface area (Å²) in [5, 5.41) is 0. The molecule has 0 saturated heterocycles. The van der Waals surface area contributed by atoms with E-state index in [1.165, 1.54) is 6.07 Å². The Hall–Kier alpha value is -1.09. The first-order valence-corrected chi connectivity index (χ1v) is 4.90. The fourth-order valence-electron chi connectivity index (χ4n) is 1.61. The molecular formula is C11H14FNO. The van der Waals surface area contributed by atoms with Crippen LogP contribution in [0.2, 0.25) is 0 Å². The molecule has 1 saturated carbocycles. The van der Waals surface area contributed by atoms with Crippen molar-refractivity contribution in [2.45, 2.75) is 25.3 Å². The monoisotopic (exact) mass is 195 g/mol. The van der Waals surface area contributed by atoms with Crippen LogP contribution < -0.4 is 10.5 Å². The van der Waals surface area contributed by atoms with Gasteiger partial charge >= 0.3 is 0 Å². The van der Waals surface area contributed by atoms with E-state index in [0.717, 1.165) is 12.0 Å². The summed E-state index contributed by atoms with van der Waals surface area (Å²) in [7, 11) is 0. The van der Waals surface area contributed by atoms with Crippen molar-refractivity contribution in [3.05, 3.63) is 29.6 Å². The molecule has 2 unspecified atom stereocenters. The van der Waals surface area contributed by atoms with Crippen molar-refractivity contribution < 1.29 is 9.13 Å². The molecule has 0 radical (unpaired) electrons. The van der Waals surface area contributed by atoms with Crippen molar-refractivity contribution >= 4 is 0 Å². The second kappa shape index (κ2) is 3.58. The van der Waals surface area contributed by atoms with Crippen molar-refractivity contribution in [2.24, 2.45) is 5.73 Å². The zero-order valence-corrected chi connectivity index (χ0v) is 8.16.